The number of nitrogens with zero attached hydrogens (tertiary/aromatic N) is 3. The first-order chi connectivity index (χ1) is 9.36. The molecule has 5 heteroatoms. The summed E-state index contributed by atoms with van der Waals surface area (Å²) in [6.07, 6.45) is 7.39. The van der Waals surface area contributed by atoms with Crippen molar-refractivity contribution >= 4 is 0 Å². The molecule has 19 heavy (non-hydrogen) atoms. The first-order valence-corrected chi connectivity index (χ1v) is 7.42. The second kappa shape index (κ2) is 6.01. The molecule has 2 heterocycles. The summed E-state index contributed by atoms with van der Waals surface area (Å²) in [4.78, 5) is 7.01. The first-order valence-electron chi connectivity index (χ1n) is 7.42. The summed E-state index contributed by atoms with van der Waals surface area (Å²) in [6, 6.07) is 0.602. The Morgan fingerprint density at radius 3 is 3.00 bits per heavy atom. The van der Waals surface area contributed by atoms with Crippen molar-refractivity contribution in [2.75, 3.05) is 20.3 Å². The van der Waals surface area contributed by atoms with Crippen LogP contribution in [0.15, 0.2) is 4.52 Å². The monoisotopic (exact) mass is 265 g/mol. The van der Waals surface area contributed by atoms with E-state index >= 15 is 0 Å². The zero-order valence-corrected chi connectivity index (χ0v) is 11.7. The number of methoxy groups -OCH3 is 1. The van der Waals surface area contributed by atoms with Crippen LogP contribution in [-0.2, 0) is 11.3 Å². The minimum absolute atomic E-state index is 0.572. The van der Waals surface area contributed by atoms with Gasteiger partial charge in [-0.05, 0) is 38.6 Å². The van der Waals surface area contributed by atoms with Gasteiger partial charge in [0.25, 0.3) is 0 Å². The van der Waals surface area contributed by atoms with Crippen molar-refractivity contribution in [2.24, 2.45) is 0 Å². The van der Waals surface area contributed by atoms with Gasteiger partial charge in [0, 0.05) is 25.7 Å². The molecule has 0 N–H and O–H groups in total. The van der Waals surface area contributed by atoms with E-state index in [9.17, 15) is 0 Å². The maximum absolute atomic E-state index is 5.39. The Kier molecular flexibility index (Phi) is 4.13. The molecule has 0 bridgehead atoms. The largest absolute Gasteiger partial charge is 0.385 e. The van der Waals surface area contributed by atoms with Crippen LogP contribution >= 0.6 is 0 Å². The lowest BCUT2D eigenvalue weighted by atomic mass is 10.00. The lowest BCUT2D eigenvalue weighted by Gasteiger charge is -2.34. The summed E-state index contributed by atoms with van der Waals surface area (Å²) < 4.78 is 10.6. The Bertz CT molecular complexity index is 403. The summed E-state index contributed by atoms with van der Waals surface area (Å²) in [6.45, 7) is 2.77. The van der Waals surface area contributed by atoms with E-state index in [1.54, 1.807) is 7.11 Å². The minimum atomic E-state index is 0.572. The fraction of sp³-hybridized carbons (Fsp3) is 0.857. The number of hydrogen-bond acceptors (Lipinski definition) is 5. The average molecular weight is 265 g/mol. The maximum Gasteiger partial charge on any atom is 0.240 e. The maximum atomic E-state index is 5.39. The zero-order valence-electron chi connectivity index (χ0n) is 11.7. The highest BCUT2D eigenvalue weighted by atomic mass is 16.5. The van der Waals surface area contributed by atoms with Gasteiger partial charge in [0.2, 0.25) is 5.89 Å². The van der Waals surface area contributed by atoms with Gasteiger partial charge in [0.05, 0.1) is 6.54 Å². The molecule has 0 radical (unpaired) electrons. The highest BCUT2D eigenvalue weighted by molar-refractivity contribution is 5.03. The summed E-state index contributed by atoms with van der Waals surface area (Å²) in [5.74, 6) is 2.27. The first kappa shape index (κ1) is 13.1. The molecule has 1 atom stereocenters. The molecule has 0 amide bonds. The third-order valence-electron chi connectivity index (χ3n) is 4.17. The molecule has 0 spiro atoms. The van der Waals surface area contributed by atoms with Crippen molar-refractivity contribution in [3.05, 3.63) is 11.7 Å². The van der Waals surface area contributed by atoms with Gasteiger partial charge in [-0.2, -0.15) is 4.98 Å². The van der Waals surface area contributed by atoms with Gasteiger partial charge in [-0.1, -0.05) is 11.6 Å². The molecular weight excluding hydrogens is 242 g/mol. The Morgan fingerprint density at radius 1 is 1.32 bits per heavy atom. The van der Waals surface area contributed by atoms with E-state index in [0.29, 0.717) is 12.0 Å². The average Bonchev–Trinajstić information content (AvgIpc) is 3.19. The van der Waals surface area contributed by atoms with E-state index in [1.807, 2.05) is 0 Å². The second-order valence-electron chi connectivity index (χ2n) is 5.72. The minimum Gasteiger partial charge on any atom is -0.385 e. The van der Waals surface area contributed by atoms with E-state index in [1.165, 1.54) is 32.1 Å². The van der Waals surface area contributed by atoms with E-state index < -0.39 is 0 Å². The van der Waals surface area contributed by atoms with Crippen molar-refractivity contribution in [3.63, 3.8) is 0 Å². The topological polar surface area (TPSA) is 51.4 Å². The van der Waals surface area contributed by atoms with Gasteiger partial charge >= 0.3 is 0 Å². The molecule has 1 aromatic heterocycles. The molecule has 106 valence electrons. The Labute approximate surface area is 114 Å². The molecule has 1 aliphatic carbocycles. The van der Waals surface area contributed by atoms with Crippen LogP contribution < -0.4 is 0 Å². The number of likely N-dealkylation sites (tertiary alicyclic amines) is 1. The normalized spacial score (nSPS) is 24.8. The summed E-state index contributed by atoms with van der Waals surface area (Å²) in [5, 5.41) is 4.09. The SMILES string of the molecule is COCC[C@@H]1CCCCN1Cc1nc(C2CC2)no1. The van der Waals surface area contributed by atoms with E-state index in [-0.39, 0.29) is 0 Å². The molecule has 0 unspecified atom stereocenters. The van der Waals surface area contributed by atoms with Crippen LogP contribution in [0.25, 0.3) is 0 Å². The third-order valence-corrected chi connectivity index (χ3v) is 4.17. The molecule has 0 aromatic carbocycles. The van der Waals surface area contributed by atoms with Crippen molar-refractivity contribution in [1.82, 2.24) is 15.0 Å². The number of hydrogen-bond donors (Lipinski definition) is 0. The van der Waals surface area contributed by atoms with Crippen molar-refractivity contribution < 1.29 is 9.26 Å². The van der Waals surface area contributed by atoms with Crippen LogP contribution in [0, 0.1) is 0 Å². The molecule has 2 aliphatic rings. The van der Waals surface area contributed by atoms with E-state index in [2.05, 4.69) is 15.0 Å². The van der Waals surface area contributed by atoms with E-state index in [0.717, 1.165) is 37.8 Å². The standard InChI is InChI=1S/C14H23N3O2/c1-18-9-7-12-4-2-3-8-17(12)10-13-15-14(16-19-13)11-5-6-11/h11-12H,2-10H2,1H3/t12-/m0/s1. The quantitative estimate of drug-likeness (QED) is 0.790. The summed E-state index contributed by atoms with van der Waals surface area (Å²) in [5.41, 5.74) is 0. The molecular formula is C14H23N3O2. The molecule has 1 aliphatic heterocycles. The fourth-order valence-corrected chi connectivity index (χ4v) is 2.86. The number of rotatable bonds is 6. The number of piperidine rings is 1. The van der Waals surface area contributed by atoms with Crippen LogP contribution in [0.4, 0.5) is 0 Å². The molecule has 5 nitrogen and oxygen atoms in total. The van der Waals surface area contributed by atoms with E-state index in [4.69, 9.17) is 9.26 Å². The lowest BCUT2D eigenvalue weighted by Crippen LogP contribution is -2.39. The highest BCUT2D eigenvalue weighted by Crippen LogP contribution is 2.38. The van der Waals surface area contributed by atoms with Crippen LogP contribution in [0.1, 0.15) is 56.2 Å². The number of ether oxygens (including phenoxy) is 1. The Balaban J connectivity index is 1.58. The van der Waals surface area contributed by atoms with Crippen molar-refractivity contribution in [3.8, 4) is 0 Å². The zero-order chi connectivity index (χ0) is 13.1. The van der Waals surface area contributed by atoms with Gasteiger partial charge in [-0.25, -0.2) is 0 Å². The molecule has 1 aromatic rings. The summed E-state index contributed by atoms with van der Waals surface area (Å²) >= 11 is 0. The van der Waals surface area contributed by atoms with Crippen molar-refractivity contribution in [1.29, 1.82) is 0 Å². The van der Waals surface area contributed by atoms with Crippen LogP contribution in [-0.4, -0.2) is 41.3 Å². The molecule has 1 saturated carbocycles. The molecule has 1 saturated heterocycles. The molecule has 3 rings (SSSR count). The second-order valence-corrected chi connectivity index (χ2v) is 5.72. The van der Waals surface area contributed by atoms with Crippen LogP contribution in [0.3, 0.4) is 0 Å². The van der Waals surface area contributed by atoms with Gasteiger partial charge < -0.3 is 9.26 Å². The predicted octanol–water partition coefficient (Wildman–Crippen LogP) is 2.34. The Morgan fingerprint density at radius 2 is 2.21 bits per heavy atom. The van der Waals surface area contributed by atoms with Crippen LogP contribution in [0.5, 0.6) is 0 Å². The van der Waals surface area contributed by atoms with Crippen molar-refractivity contribution in [2.45, 2.75) is 57.0 Å². The third kappa shape index (κ3) is 3.34. The number of aromatic nitrogens is 2. The van der Waals surface area contributed by atoms with Gasteiger partial charge in [-0.3, -0.25) is 4.90 Å². The predicted molar refractivity (Wildman–Crippen MR) is 70.8 cm³/mol. The van der Waals surface area contributed by atoms with Gasteiger partial charge in [-0.15, -0.1) is 0 Å². The Hall–Kier alpha value is -0.940. The lowest BCUT2D eigenvalue weighted by molar-refractivity contribution is 0.0882. The molecule has 2 fully saturated rings. The fourth-order valence-electron chi connectivity index (χ4n) is 2.86. The highest BCUT2D eigenvalue weighted by Gasteiger charge is 2.30. The summed E-state index contributed by atoms with van der Waals surface area (Å²) in [7, 11) is 1.77. The smallest absolute Gasteiger partial charge is 0.240 e. The van der Waals surface area contributed by atoms with Gasteiger partial charge in [0.15, 0.2) is 5.82 Å². The van der Waals surface area contributed by atoms with Gasteiger partial charge in [0.1, 0.15) is 0 Å². The van der Waals surface area contributed by atoms with Crippen LogP contribution in [0.2, 0.25) is 0 Å².